The van der Waals surface area contributed by atoms with Gasteiger partial charge in [-0.3, -0.25) is 10.1 Å². The van der Waals surface area contributed by atoms with Crippen molar-refractivity contribution < 1.29 is 10.0 Å². The molecule has 21 heavy (non-hydrogen) atoms. The second-order valence-electron chi connectivity index (χ2n) is 5.39. The van der Waals surface area contributed by atoms with Gasteiger partial charge in [0.05, 0.1) is 17.1 Å². The molecule has 1 saturated carbocycles. The smallest absolute Gasteiger partial charge is 0.295 e. The van der Waals surface area contributed by atoms with E-state index in [0.717, 1.165) is 31.4 Å². The highest BCUT2D eigenvalue weighted by molar-refractivity contribution is 5.96. The molecule has 2 aromatic rings. The lowest BCUT2D eigenvalue weighted by Gasteiger charge is -2.29. The summed E-state index contributed by atoms with van der Waals surface area (Å²) in [6, 6.07) is 6.71. The van der Waals surface area contributed by atoms with Gasteiger partial charge < -0.3 is 10.4 Å². The van der Waals surface area contributed by atoms with Crippen molar-refractivity contribution in [2.45, 2.75) is 37.8 Å². The molecular weight excluding hydrogens is 270 g/mol. The predicted molar refractivity (Wildman–Crippen MR) is 80.3 cm³/mol. The number of nitrogens with one attached hydrogen (secondary N) is 1. The number of pyridine rings is 1. The highest BCUT2D eigenvalue weighted by Gasteiger charge is 2.24. The van der Waals surface area contributed by atoms with Crippen LogP contribution in [0.5, 0.6) is 0 Å². The van der Waals surface area contributed by atoms with Gasteiger partial charge in [-0.25, -0.2) is 4.98 Å². The molecule has 3 rings (SSSR count). The van der Waals surface area contributed by atoms with Crippen LogP contribution in [0.2, 0.25) is 0 Å². The molecule has 2 unspecified atom stereocenters. The predicted octanol–water partition coefficient (Wildman–Crippen LogP) is 2.86. The summed E-state index contributed by atoms with van der Waals surface area (Å²) in [4.78, 5) is 14.8. The first-order valence-electron chi connectivity index (χ1n) is 7.13. The average molecular weight is 287 g/mol. The minimum atomic E-state index is -0.422. The van der Waals surface area contributed by atoms with Gasteiger partial charge in [-0.15, -0.1) is 0 Å². The summed E-state index contributed by atoms with van der Waals surface area (Å²) in [6.07, 6.45) is 5.01. The number of nitrogens with zero attached hydrogens (tertiary/aromatic N) is 2. The van der Waals surface area contributed by atoms with Crippen LogP contribution in [0.25, 0.3) is 10.9 Å². The van der Waals surface area contributed by atoms with Crippen LogP contribution in [0.3, 0.4) is 0 Å². The molecule has 0 radical (unpaired) electrons. The van der Waals surface area contributed by atoms with Gasteiger partial charge in [-0.2, -0.15) is 0 Å². The second kappa shape index (κ2) is 5.65. The number of rotatable bonds is 3. The number of aromatic nitrogens is 1. The first-order valence-corrected chi connectivity index (χ1v) is 7.13. The van der Waals surface area contributed by atoms with Crippen molar-refractivity contribution >= 4 is 22.3 Å². The van der Waals surface area contributed by atoms with E-state index in [2.05, 4.69) is 10.3 Å². The Hall–Kier alpha value is -2.21. The normalized spacial score (nSPS) is 22.1. The zero-order valence-electron chi connectivity index (χ0n) is 11.5. The number of non-ortho nitro benzene ring substituents is 1. The lowest BCUT2D eigenvalue weighted by atomic mass is 9.92. The second-order valence-corrected chi connectivity index (χ2v) is 5.39. The Morgan fingerprint density at radius 1 is 1.29 bits per heavy atom. The van der Waals surface area contributed by atoms with E-state index in [-0.39, 0.29) is 17.8 Å². The maximum absolute atomic E-state index is 11.1. The van der Waals surface area contributed by atoms with Gasteiger partial charge in [0.2, 0.25) is 0 Å². The van der Waals surface area contributed by atoms with E-state index in [4.69, 9.17) is 0 Å². The fourth-order valence-corrected chi connectivity index (χ4v) is 2.91. The van der Waals surface area contributed by atoms with Crippen molar-refractivity contribution in [2.75, 3.05) is 5.32 Å². The number of anilines is 1. The molecule has 110 valence electrons. The van der Waals surface area contributed by atoms with Gasteiger partial charge in [-0.1, -0.05) is 25.0 Å². The molecule has 0 spiro atoms. The SMILES string of the molecule is O=[N+]([O-])c1cccc2c(NC3CCCCC3O)ccnc12. The van der Waals surface area contributed by atoms with Crippen molar-refractivity contribution in [3.8, 4) is 0 Å². The first kappa shape index (κ1) is 13.8. The molecule has 6 heteroatoms. The zero-order valence-corrected chi connectivity index (χ0v) is 11.5. The maximum atomic E-state index is 11.1. The summed E-state index contributed by atoms with van der Waals surface area (Å²) < 4.78 is 0. The van der Waals surface area contributed by atoms with Gasteiger partial charge in [0.15, 0.2) is 0 Å². The van der Waals surface area contributed by atoms with E-state index in [0.29, 0.717) is 10.9 Å². The molecular formula is C15H17N3O3. The number of nitro benzene ring substituents is 1. The molecule has 0 bridgehead atoms. The molecule has 2 atom stereocenters. The summed E-state index contributed by atoms with van der Waals surface area (Å²) in [6.45, 7) is 0. The van der Waals surface area contributed by atoms with Crippen LogP contribution in [0.15, 0.2) is 30.5 Å². The van der Waals surface area contributed by atoms with Crippen LogP contribution in [0.1, 0.15) is 25.7 Å². The van der Waals surface area contributed by atoms with E-state index in [1.807, 2.05) is 6.07 Å². The molecule has 0 aliphatic heterocycles. The third-order valence-electron chi connectivity index (χ3n) is 4.02. The molecule has 1 aromatic heterocycles. The fourth-order valence-electron chi connectivity index (χ4n) is 2.91. The number of hydrogen-bond donors (Lipinski definition) is 2. The number of nitro groups is 1. The number of fused-ring (bicyclic) bond motifs is 1. The molecule has 1 fully saturated rings. The Morgan fingerprint density at radius 3 is 2.86 bits per heavy atom. The van der Waals surface area contributed by atoms with Crippen LogP contribution >= 0.6 is 0 Å². The number of aliphatic hydroxyl groups is 1. The van der Waals surface area contributed by atoms with E-state index in [1.54, 1.807) is 18.3 Å². The van der Waals surface area contributed by atoms with Crippen LogP contribution in [-0.4, -0.2) is 27.2 Å². The minimum Gasteiger partial charge on any atom is -0.391 e. The minimum absolute atomic E-state index is 0.000317. The van der Waals surface area contributed by atoms with Crippen LogP contribution in [0.4, 0.5) is 11.4 Å². The van der Waals surface area contributed by atoms with Gasteiger partial charge in [0, 0.05) is 23.3 Å². The molecule has 0 amide bonds. The largest absolute Gasteiger partial charge is 0.391 e. The van der Waals surface area contributed by atoms with E-state index in [9.17, 15) is 15.2 Å². The van der Waals surface area contributed by atoms with Crippen molar-refractivity contribution in [1.29, 1.82) is 0 Å². The molecule has 1 aromatic carbocycles. The van der Waals surface area contributed by atoms with Crippen LogP contribution in [0, 0.1) is 10.1 Å². The van der Waals surface area contributed by atoms with Crippen molar-refractivity contribution in [1.82, 2.24) is 4.98 Å². The number of hydrogen-bond acceptors (Lipinski definition) is 5. The standard InChI is InChI=1S/C15H17N3O3/c19-14-7-2-1-5-12(14)17-11-8-9-16-15-10(11)4-3-6-13(15)18(20)21/h3-4,6,8-9,12,14,19H,1-2,5,7H2,(H,16,17). The van der Waals surface area contributed by atoms with Crippen LogP contribution < -0.4 is 5.32 Å². The lowest BCUT2D eigenvalue weighted by molar-refractivity contribution is -0.383. The third kappa shape index (κ3) is 2.67. The highest BCUT2D eigenvalue weighted by Crippen LogP contribution is 2.30. The number of aliphatic hydroxyl groups excluding tert-OH is 1. The first-order chi connectivity index (χ1) is 10.2. The number of benzene rings is 1. The van der Waals surface area contributed by atoms with Gasteiger partial charge in [0.1, 0.15) is 5.52 Å². The number of para-hydroxylation sites is 1. The molecule has 1 aliphatic carbocycles. The highest BCUT2D eigenvalue weighted by atomic mass is 16.6. The molecule has 0 saturated heterocycles. The summed E-state index contributed by atoms with van der Waals surface area (Å²) >= 11 is 0. The molecule has 1 heterocycles. The average Bonchev–Trinajstić information content (AvgIpc) is 2.49. The fraction of sp³-hybridized carbons (Fsp3) is 0.400. The topological polar surface area (TPSA) is 88.3 Å². The summed E-state index contributed by atoms with van der Waals surface area (Å²) in [5.74, 6) is 0. The zero-order chi connectivity index (χ0) is 14.8. The van der Waals surface area contributed by atoms with Crippen molar-refractivity contribution in [2.24, 2.45) is 0 Å². The Kier molecular flexibility index (Phi) is 3.70. The Balaban J connectivity index is 1.99. The Morgan fingerprint density at radius 2 is 2.10 bits per heavy atom. The Bertz CT molecular complexity index is 674. The third-order valence-corrected chi connectivity index (χ3v) is 4.02. The molecule has 1 aliphatic rings. The van der Waals surface area contributed by atoms with Crippen molar-refractivity contribution in [3.63, 3.8) is 0 Å². The van der Waals surface area contributed by atoms with E-state index in [1.165, 1.54) is 6.07 Å². The Labute approximate surface area is 122 Å². The monoisotopic (exact) mass is 287 g/mol. The summed E-state index contributed by atoms with van der Waals surface area (Å²) in [5.41, 5.74) is 1.16. The molecule has 6 nitrogen and oxygen atoms in total. The summed E-state index contributed by atoms with van der Waals surface area (Å²) in [5, 5.41) is 25.2. The summed E-state index contributed by atoms with van der Waals surface area (Å²) in [7, 11) is 0. The maximum Gasteiger partial charge on any atom is 0.295 e. The quantitative estimate of drug-likeness (QED) is 0.669. The van der Waals surface area contributed by atoms with Crippen LogP contribution in [-0.2, 0) is 0 Å². The van der Waals surface area contributed by atoms with E-state index < -0.39 is 4.92 Å². The van der Waals surface area contributed by atoms with E-state index >= 15 is 0 Å². The van der Waals surface area contributed by atoms with Gasteiger partial charge >= 0.3 is 0 Å². The van der Waals surface area contributed by atoms with Gasteiger partial charge in [0.25, 0.3) is 5.69 Å². The lowest BCUT2D eigenvalue weighted by Crippen LogP contribution is -2.36. The molecule has 2 N–H and O–H groups in total. The van der Waals surface area contributed by atoms with Crippen molar-refractivity contribution in [3.05, 3.63) is 40.6 Å². The van der Waals surface area contributed by atoms with Gasteiger partial charge in [-0.05, 0) is 18.9 Å².